The summed E-state index contributed by atoms with van der Waals surface area (Å²) in [6.07, 6.45) is 0. The van der Waals surface area contributed by atoms with E-state index in [4.69, 9.17) is 11.8 Å². The van der Waals surface area contributed by atoms with Gasteiger partial charge in [0.2, 0.25) is 0 Å². The van der Waals surface area contributed by atoms with Crippen molar-refractivity contribution in [1.82, 2.24) is 0 Å². The van der Waals surface area contributed by atoms with Gasteiger partial charge in [-0.05, 0) is 12.1 Å². The minimum atomic E-state index is 0. The molecular weight excluding hydrogens is 141 g/mol. The fourth-order valence-electron chi connectivity index (χ4n) is 0.501. The highest BCUT2D eigenvalue weighted by atomic mass is 35.5. The summed E-state index contributed by atoms with van der Waals surface area (Å²) in [6, 6.07) is 9.58. The second-order valence-corrected chi connectivity index (χ2v) is 1.65. The average molecular weight is 148 g/mol. The highest BCUT2D eigenvalue weighted by Gasteiger charge is 1.79. The Hall–Kier alpha value is -0.760. The molecule has 0 amide bonds. The molecule has 0 radical (unpaired) electrons. The van der Waals surface area contributed by atoms with E-state index in [-0.39, 0.29) is 4.70 Å². The molecule has 0 aliphatic carbocycles. The van der Waals surface area contributed by atoms with Crippen LogP contribution in [0.3, 0.4) is 0 Å². The Morgan fingerprint density at radius 2 is 1.67 bits per heavy atom. The Bertz CT molecular complexity index is 154. The summed E-state index contributed by atoms with van der Waals surface area (Å²) >= 11 is 5.28. The van der Waals surface area contributed by atoms with Crippen LogP contribution >= 0.6 is 11.8 Å². The van der Waals surface area contributed by atoms with Gasteiger partial charge < -0.3 is 0 Å². The van der Waals surface area contributed by atoms with Crippen LogP contribution in [0, 0.1) is 0 Å². The largest absolute Gasteiger partial charge is 0.299 e. The van der Waals surface area contributed by atoms with Crippen molar-refractivity contribution in [3.8, 4) is 0 Å². The predicted molar refractivity (Wildman–Crippen MR) is 38.4 cm³/mol. The summed E-state index contributed by atoms with van der Waals surface area (Å²) in [4.78, 5) is 2.50. The number of para-hydroxylation sites is 1. The summed E-state index contributed by atoms with van der Waals surface area (Å²) in [5.41, 5.74) is 0.925. The van der Waals surface area contributed by atoms with Crippen LogP contribution in [0.4, 0.5) is 10.4 Å². The van der Waals surface area contributed by atoms with Crippen LogP contribution in [-0.4, -0.2) is 0 Å². The summed E-state index contributed by atoms with van der Waals surface area (Å²) in [5, 5.41) is 0. The van der Waals surface area contributed by atoms with E-state index in [1.165, 1.54) is 0 Å². The summed E-state index contributed by atoms with van der Waals surface area (Å²) in [6.45, 7) is 0. The lowest BCUT2D eigenvalue weighted by Crippen LogP contribution is -1.75. The van der Waals surface area contributed by atoms with E-state index in [9.17, 15) is 0 Å². The van der Waals surface area contributed by atoms with Crippen LogP contribution in [0.1, 0.15) is 0 Å². The maximum atomic E-state index is 5.28. The average Bonchev–Trinajstić information content (AvgIpc) is 1.90. The molecular formula is C6H7ClFN. The fourth-order valence-corrected chi connectivity index (χ4v) is 0.627. The van der Waals surface area contributed by atoms with Crippen LogP contribution in [0.2, 0.25) is 0 Å². The molecule has 3 heteroatoms. The van der Waals surface area contributed by atoms with Gasteiger partial charge in [0.05, 0.1) is 0 Å². The molecule has 0 atom stereocenters. The second kappa shape index (κ2) is 4.15. The Morgan fingerprint density at radius 3 is 2.00 bits per heavy atom. The monoisotopic (exact) mass is 147 g/mol. The minimum Gasteiger partial charge on any atom is -0.299 e. The first-order valence-corrected chi connectivity index (χ1v) is 2.73. The topological polar surface area (TPSA) is 12.0 Å². The van der Waals surface area contributed by atoms with E-state index in [0.717, 1.165) is 5.69 Å². The molecule has 0 unspecified atom stereocenters. The first kappa shape index (κ1) is 8.24. The molecule has 0 saturated carbocycles. The Balaban J connectivity index is 0.000000640. The minimum absolute atomic E-state index is 0. The molecule has 1 aromatic carbocycles. The molecule has 9 heavy (non-hydrogen) atoms. The molecule has 0 saturated heterocycles. The zero-order chi connectivity index (χ0) is 5.82. The molecule has 0 bridgehead atoms. The number of nitrogens with one attached hydrogen (secondary N) is 1. The normalized spacial score (nSPS) is 7.67. The molecule has 0 aliphatic heterocycles. The molecule has 1 aromatic rings. The van der Waals surface area contributed by atoms with Crippen LogP contribution in [0.5, 0.6) is 0 Å². The van der Waals surface area contributed by atoms with E-state index in [2.05, 4.69) is 4.84 Å². The Morgan fingerprint density at radius 1 is 1.11 bits per heavy atom. The molecule has 1 N–H and O–H groups in total. The number of hydrogen-bond acceptors (Lipinski definition) is 1. The zero-order valence-corrected chi connectivity index (χ0v) is 5.43. The van der Waals surface area contributed by atoms with Crippen molar-refractivity contribution in [3.63, 3.8) is 0 Å². The van der Waals surface area contributed by atoms with Crippen molar-refractivity contribution in [2.75, 3.05) is 4.84 Å². The molecule has 50 valence electrons. The molecule has 0 heterocycles. The third kappa shape index (κ3) is 2.33. The molecule has 1 rings (SSSR count). The summed E-state index contributed by atoms with van der Waals surface area (Å²) in [5.74, 6) is 0. The lowest BCUT2D eigenvalue weighted by atomic mass is 10.3. The fraction of sp³-hybridized carbons (Fsp3) is 0. The quantitative estimate of drug-likeness (QED) is 0.602. The highest BCUT2D eigenvalue weighted by Crippen LogP contribution is 2.04. The van der Waals surface area contributed by atoms with E-state index in [1.807, 2.05) is 30.3 Å². The molecule has 0 aromatic heterocycles. The maximum absolute atomic E-state index is 5.28. The van der Waals surface area contributed by atoms with Gasteiger partial charge in [-0.25, -0.2) is 0 Å². The second-order valence-electron chi connectivity index (χ2n) is 1.46. The van der Waals surface area contributed by atoms with Gasteiger partial charge in [-0.3, -0.25) is 9.54 Å². The SMILES string of the molecule is ClNc1ccccc1.F. The Labute approximate surface area is 58.1 Å². The van der Waals surface area contributed by atoms with Gasteiger partial charge in [-0.15, -0.1) is 0 Å². The number of hydrogen-bond donors (Lipinski definition) is 1. The lowest BCUT2D eigenvalue weighted by Gasteiger charge is -1.91. The first-order valence-electron chi connectivity index (χ1n) is 2.35. The molecule has 0 aliphatic rings. The van der Waals surface area contributed by atoms with Crippen molar-refractivity contribution in [2.24, 2.45) is 0 Å². The highest BCUT2D eigenvalue weighted by molar-refractivity contribution is 6.23. The molecule has 1 nitrogen and oxygen atoms in total. The maximum Gasteiger partial charge on any atom is 0.0491 e. The van der Waals surface area contributed by atoms with Gasteiger partial charge in [0, 0.05) is 17.5 Å². The molecule has 0 spiro atoms. The molecule has 0 fully saturated rings. The van der Waals surface area contributed by atoms with Crippen LogP contribution in [0.15, 0.2) is 30.3 Å². The number of benzene rings is 1. The lowest BCUT2D eigenvalue weighted by molar-refractivity contribution is 1.11. The van der Waals surface area contributed by atoms with Gasteiger partial charge in [0.15, 0.2) is 0 Å². The summed E-state index contributed by atoms with van der Waals surface area (Å²) in [7, 11) is 0. The standard InChI is InChI=1S/C6H6ClN.FH/c7-8-6-4-2-1-3-5-6;/h1-5,8H;1H. The van der Waals surface area contributed by atoms with E-state index in [1.54, 1.807) is 0 Å². The van der Waals surface area contributed by atoms with Crippen molar-refractivity contribution in [1.29, 1.82) is 0 Å². The van der Waals surface area contributed by atoms with Crippen LogP contribution < -0.4 is 4.84 Å². The van der Waals surface area contributed by atoms with E-state index < -0.39 is 0 Å². The van der Waals surface area contributed by atoms with E-state index in [0.29, 0.717) is 0 Å². The number of halogens is 2. The number of rotatable bonds is 1. The smallest absolute Gasteiger partial charge is 0.0491 e. The van der Waals surface area contributed by atoms with Gasteiger partial charge in [0.1, 0.15) is 0 Å². The van der Waals surface area contributed by atoms with Crippen molar-refractivity contribution < 1.29 is 4.70 Å². The zero-order valence-electron chi connectivity index (χ0n) is 4.67. The van der Waals surface area contributed by atoms with Gasteiger partial charge in [-0.1, -0.05) is 18.2 Å². The van der Waals surface area contributed by atoms with Crippen LogP contribution in [-0.2, 0) is 0 Å². The predicted octanol–water partition coefficient (Wildman–Crippen LogP) is 2.40. The first-order chi connectivity index (χ1) is 3.93. The third-order valence-corrected chi connectivity index (χ3v) is 1.10. The third-order valence-electron chi connectivity index (χ3n) is 0.883. The summed E-state index contributed by atoms with van der Waals surface area (Å²) < 4.78 is 0. The van der Waals surface area contributed by atoms with Gasteiger partial charge in [-0.2, -0.15) is 0 Å². The number of anilines is 1. The van der Waals surface area contributed by atoms with Crippen LogP contribution in [0.25, 0.3) is 0 Å². The van der Waals surface area contributed by atoms with Crippen molar-refractivity contribution in [2.45, 2.75) is 0 Å². The van der Waals surface area contributed by atoms with Gasteiger partial charge >= 0.3 is 0 Å². The van der Waals surface area contributed by atoms with Crippen molar-refractivity contribution in [3.05, 3.63) is 30.3 Å². The van der Waals surface area contributed by atoms with Gasteiger partial charge in [0.25, 0.3) is 0 Å². The van der Waals surface area contributed by atoms with Crippen molar-refractivity contribution >= 4 is 17.5 Å². The Kier molecular flexibility index (Phi) is 3.80. The van der Waals surface area contributed by atoms with E-state index >= 15 is 0 Å².